The summed E-state index contributed by atoms with van der Waals surface area (Å²) >= 11 is 1.68. The first kappa shape index (κ1) is 15.7. The minimum Gasteiger partial charge on any atom is -0.464 e. The average molecular weight is 325 g/mol. The SMILES string of the molecule is CSc1ccc(NC(=O)Cc2coc3c(C)c(C)ccc23)cc1. The zero-order valence-electron chi connectivity index (χ0n) is 13.5. The zero-order valence-corrected chi connectivity index (χ0v) is 14.3. The van der Waals surface area contributed by atoms with Crippen molar-refractivity contribution in [2.24, 2.45) is 0 Å². The highest BCUT2D eigenvalue weighted by atomic mass is 32.2. The normalized spacial score (nSPS) is 10.9. The molecule has 1 heterocycles. The molecule has 0 fully saturated rings. The monoisotopic (exact) mass is 325 g/mol. The predicted molar refractivity (Wildman–Crippen MR) is 96.2 cm³/mol. The van der Waals surface area contributed by atoms with Gasteiger partial charge >= 0.3 is 0 Å². The van der Waals surface area contributed by atoms with Gasteiger partial charge in [-0.05, 0) is 55.5 Å². The molecule has 0 aliphatic rings. The van der Waals surface area contributed by atoms with Crippen molar-refractivity contribution < 1.29 is 9.21 Å². The number of rotatable bonds is 4. The maximum atomic E-state index is 12.3. The molecule has 3 rings (SSSR count). The van der Waals surface area contributed by atoms with E-state index in [2.05, 4.69) is 18.3 Å². The van der Waals surface area contributed by atoms with Crippen molar-refractivity contribution in [3.8, 4) is 0 Å². The summed E-state index contributed by atoms with van der Waals surface area (Å²) in [6.07, 6.45) is 4.02. The standard InChI is InChI=1S/C19H19NO2S/c1-12-4-9-17-14(11-22-19(17)13(12)2)10-18(21)20-15-5-7-16(23-3)8-6-15/h4-9,11H,10H2,1-3H3,(H,20,21). The van der Waals surface area contributed by atoms with Crippen LogP contribution >= 0.6 is 11.8 Å². The molecule has 3 nitrogen and oxygen atoms in total. The van der Waals surface area contributed by atoms with Gasteiger partial charge in [0.15, 0.2) is 0 Å². The molecule has 1 amide bonds. The van der Waals surface area contributed by atoms with E-state index in [0.717, 1.165) is 27.8 Å². The average Bonchev–Trinajstić information content (AvgIpc) is 2.95. The topological polar surface area (TPSA) is 42.2 Å². The number of carbonyl (C=O) groups excluding carboxylic acids is 1. The highest BCUT2D eigenvalue weighted by Crippen LogP contribution is 2.27. The van der Waals surface area contributed by atoms with Crippen LogP contribution in [0, 0.1) is 13.8 Å². The third kappa shape index (κ3) is 3.27. The summed E-state index contributed by atoms with van der Waals surface area (Å²) in [4.78, 5) is 13.4. The van der Waals surface area contributed by atoms with Gasteiger partial charge < -0.3 is 9.73 Å². The van der Waals surface area contributed by atoms with Crippen LogP contribution in [0.3, 0.4) is 0 Å². The highest BCUT2D eigenvalue weighted by molar-refractivity contribution is 7.98. The summed E-state index contributed by atoms with van der Waals surface area (Å²) < 4.78 is 5.66. The summed E-state index contributed by atoms with van der Waals surface area (Å²) in [6.45, 7) is 4.10. The van der Waals surface area contributed by atoms with E-state index in [-0.39, 0.29) is 5.91 Å². The summed E-state index contributed by atoms with van der Waals surface area (Å²) in [5, 5.41) is 3.95. The number of aryl methyl sites for hydroxylation is 2. The van der Waals surface area contributed by atoms with E-state index in [1.54, 1.807) is 18.0 Å². The van der Waals surface area contributed by atoms with Gasteiger partial charge in [-0.1, -0.05) is 12.1 Å². The molecule has 0 bridgehead atoms. The first-order valence-electron chi connectivity index (χ1n) is 7.48. The number of hydrogen-bond acceptors (Lipinski definition) is 3. The van der Waals surface area contributed by atoms with Gasteiger partial charge in [-0.3, -0.25) is 4.79 Å². The van der Waals surface area contributed by atoms with E-state index in [1.165, 1.54) is 10.5 Å². The van der Waals surface area contributed by atoms with Crippen LogP contribution in [0.1, 0.15) is 16.7 Å². The van der Waals surface area contributed by atoms with Crippen LogP contribution in [0.25, 0.3) is 11.0 Å². The largest absolute Gasteiger partial charge is 0.464 e. The number of thioether (sulfide) groups is 1. The molecule has 0 radical (unpaired) electrons. The fourth-order valence-corrected chi connectivity index (χ4v) is 2.99. The third-order valence-corrected chi connectivity index (χ3v) is 4.81. The van der Waals surface area contributed by atoms with Crippen LogP contribution in [0.2, 0.25) is 0 Å². The molecular weight excluding hydrogens is 306 g/mol. The lowest BCUT2D eigenvalue weighted by molar-refractivity contribution is -0.115. The van der Waals surface area contributed by atoms with Crippen LogP contribution in [0.15, 0.2) is 52.0 Å². The Morgan fingerprint density at radius 1 is 1.13 bits per heavy atom. The van der Waals surface area contributed by atoms with Crippen molar-refractivity contribution in [1.29, 1.82) is 0 Å². The molecule has 0 unspecified atom stereocenters. The maximum Gasteiger partial charge on any atom is 0.228 e. The Morgan fingerprint density at radius 3 is 2.57 bits per heavy atom. The molecule has 4 heteroatoms. The second-order valence-electron chi connectivity index (χ2n) is 5.60. The molecule has 0 aliphatic heterocycles. The number of furan rings is 1. The van der Waals surface area contributed by atoms with Gasteiger partial charge in [0.1, 0.15) is 5.58 Å². The van der Waals surface area contributed by atoms with E-state index in [9.17, 15) is 4.79 Å². The first-order chi connectivity index (χ1) is 11.1. The molecule has 1 aromatic heterocycles. The van der Waals surface area contributed by atoms with Crippen LogP contribution in [0.5, 0.6) is 0 Å². The minimum atomic E-state index is -0.0390. The van der Waals surface area contributed by atoms with E-state index in [1.807, 2.05) is 43.5 Å². The predicted octanol–water partition coefficient (Wildman–Crippen LogP) is 4.95. The van der Waals surface area contributed by atoms with Crippen molar-refractivity contribution in [3.63, 3.8) is 0 Å². The van der Waals surface area contributed by atoms with Gasteiger partial charge in [-0.25, -0.2) is 0 Å². The molecule has 3 aromatic rings. The fraction of sp³-hybridized carbons (Fsp3) is 0.211. The van der Waals surface area contributed by atoms with Crippen LogP contribution in [-0.2, 0) is 11.2 Å². The first-order valence-corrected chi connectivity index (χ1v) is 8.71. The summed E-state index contributed by atoms with van der Waals surface area (Å²) in [7, 11) is 0. The van der Waals surface area contributed by atoms with E-state index in [4.69, 9.17) is 4.42 Å². The molecule has 0 saturated heterocycles. The Morgan fingerprint density at radius 2 is 1.87 bits per heavy atom. The van der Waals surface area contributed by atoms with Crippen molar-refractivity contribution in [3.05, 3.63) is 59.4 Å². The molecule has 118 valence electrons. The number of benzene rings is 2. The van der Waals surface area contributed by atoms with Crippen molar-refractivity contribution >= 4 is 34.3 Å². The molecule has 2 aromatic carbocycles. The van der Waals surface area contributed by atoms with Crippen molar-refractivity contribution in [2.75, 3.05) is 11.6 Å². The lowest BCUT2D eigenvalue weighted by Crippen LogP contribution is -2.14. The fourth-order valence-electron chi connectivity index (χ4n) is 2.58. The van der Waals surface area contributed by atoms with Gasteiger partial charge in [0.25, 0.3) is 0 Å². The molecule has 0 aliphatic carbocycles. The van der Waals surface area contributed by atoms with Gasteiger partial charge in [0, 0.05) is 21.5 Å². The third-order valence-electron chi connectivity index (χ3n) is 4.07. The van der Waals surface area contributed by atoms with Crippen LogP contribution < -0.4 is 5.32 Å². The highest BCUT2D eigenvalue weighted by Gasteiger charge is 2.13. The van der Waals surface area contributed by atoms with Crippen molar-refractivity contribution in [2.45, 2.75) is 25.2 Å². The van der Waals surface area contributed by atoms with Gasteiger partial charge in [0.05, 0.1) is 12.7 Å². The summed E-state index contributed by atoms with van der Waals surface area (Å²) in [6, 6.07) is 11.9. The van der Waals surface area contributed by atoms with Crippen molar-refractivity contribution in [1.82, 2.24) is 0 Å². The molecule has 0 atom stereocenters. The lowest BCUT2D eigenvalue weighted by Gasteiger charge is -2.05. The number of fused-ring (bicyclic) bond motifs is 1. The number of nitrogens with one attached hydrogen (secondary N) is 1. The van der Waals surface area contributed by atoms with E-state index in [0.29, 0.717) is 6.42 Å². The van der Waals surface area contributed by atoms with Gasteiger partial charge in [-0.15, -0.1) is 11.8 Å². The maximum absolute atomic E-state index is 12.3. The van der Waals surface area contributed by atoms with E-state index < -0.39 is 0 Å². The van der Waals surface area contributed by atoms with Crippen LogP contribution in [0.4, 0.5) is 5.69 Å². The molecule has 23 heavy (non-hydrogen) atoms. The Balaban J connectivity index is 1.76. The Hall–Kier alpha value is -2.20. The molecule has 0 spiro atoms. The zero-order chi connectivity index (χ0) is 16.4. The van der Waals surface area contributed by atoms with Crippen LogP contribution in [-0.4, -0.2) is 12.2 Å². The smallest absolute Gasteiger partial charge is 0.228 e. The van der Waals surface area contributed by atoms with Gasteiger partial charge in [-0.2, -0.15) is 0 Å². The molecule has 0 saturated carbocycles. The van der Waals surface area contributed by atoms with E-state index >= 15 is 0 Å². The number of amides is 1. The number of hydrogen-bond donors (Lipinski definition) is 1. The Labute approximate surface area is 140 Å². The quantitative estimate of drug-likeness (QED) is 0.690. The van der Waals surface area contributed by atoms with Gasteiger partial charge in [0.2, 0.25) is 5.91 Å². The summed E-state index contributed by atoms with van der Waals surface area (Å²) in [5.74, 6) is -0.0390. The number of carbonyl (C=O) groups is 1. The Kier molecular flexibility index (Phi) is 4.44. The Bertz CT molecular complexity index is 850. The molecule has 1 N–H and O–H groups in total. The molecular formula is C19H19NO2S. The second-order valence-corrected chi connectivity index (χ2v) is 6.48. The second kappa shape index (κ2) is 6.50. The summed E-state index contributed by atoms with van der Waals surface area (Å²) in [5.41, 5.74) is 4.92. The lowest BCUT2D eigenvalue weighted by atomic mass is 10.0. The minimum absolute atomic E-state index is 0.0390. The number of anilines is 1.